The van der Waals surface area contributed by atoms with Crippen molar-refractivity contribution >= 4 is 17.6 Å². The van der Waals surface area contributed by atoms with Crippen LogP contribution in [-0.4, -0.2) is 11.4 Å². The van der Waals surface area contributed by atoms with Crippen LogP contribution in [0.4, 0.5) is 0 Å². The number of para-hydroxylation sites is 1. The largest absolute Gasteiger partial charge is 0.480 e. The fourth-order valence-electron chi connectivity index (χ4n) is 2.77. The fraction of sp³-hybridized carbons (Fsp3) is 0.0556. The number of hydrogen-bond acceptors (Lipinski definition) is 4. The molecule has 1 aliphatic rings. The molecule has 0 radical (unpaired) electrons. The quantitative estimate of drug-likeness (QED) is 0.423. The van der Waals surface area contributed by atoms with Gasteiger partial charge in [0.25, 0.3) is 0 Å². The van der Waals surface area contributed by atoms with Crippen LogP contribution in [0.2, 0.25) is 0 Å². The van der Waals surface area contributed by atoms with Gasteiger partial charge in [-0.1, -0.05) is 47.6 Å². The van der Waals surface area contributed by atoms with Crippen LogP contribution in [0.5, 0.6) is 5.75 Å². The third kappa shape index (κ3) is 2.09. The summed E-state index contributed by atoms with van der Waals surface area (Å²) in [6, 6.07) is 20.2. The third-order valence-corrected chi connectivity index (χ3v) is 4.84. The number of nitrogens with zero attached hydrogens (tertiary/aromatic N) is 1. The van der Waals surface area contributed by atoms with E-state index < -0.39 is 0 Å². The van der Waals surface area contributed by atoms with E-state index in [9.17, 15) is 0 Å². The monoisotopic (exact) mass is 307 g/mol. The molecule has 0 amide bonds. The summed E-state index contributed by atoms with van der Waals surface area (Å²) in [5, 5.41) is 12.0. The van der Waals surface area contributed by atoms with Gasteiger partial charge in [-0.15, -0.1) is 11.3 Å². The van der Waals surface area contributed by atoms with Gasteiger partial charge in [0.2, 0.25) is 0 Å². The van der Waals surface area contributed by atoms with E-state index in [-0.39, 0.29) is 6.10 Å². The maximum absolute atomic E-state index is 8.80. The van der Waals surface area contributed by atoms with Gasteiger partial charge in [0.15, 0.2) is 6.10 Å². The van der Waals surface area contributed by atoms with Crippen molar-refractivity contribution in [1.29, 1.82) is 0 Å². The van der Waals surface area contributed by atoms with Gasteiger partial charge in [-0.2, -0.15) is 0 Å². The van der Waals surface area contributed by atoms with Crippen LogP contribution >= 0.6 is 11.3 Å². The second kappa shape index (κ2) is 5.31. The van der Waals surface area contributed by atoms with Crippen molar-refractivity contribution in [3.63, 3.8) is 0 Å². The molecule has 0 saturated heterocycles. The SMILES string of the molecule is O/N=C/c1cc2c(s1)-c1ccccc1OC2c1ccccc1. The second-order valence-electron chi connectivity index (χ2n) is 5.08. The lowest BCUT2D eigenvalue weighted by atomic mass is 9.96. The number of benzene rings is 2. The van der Waals surface area contributed by atoms with Crippen molar-refractivity contribution in [1.82, 2.24) is 0 Å². The molecule has 1 N–H and O–H groups in total. The molecule has 22 heavy (non-hydrogen) atoms. The van der Waals surface area contributed by atoms with Gasteiger partial charge in [0, 0.05) is 20.9 Å². The minimum absolute atomic E-state index is 0.136. The molecule has 1 unspecified atom stereocenters. The van der Waals surface area contributed by atoms with Crippen LogP contribution in [0, 0.1) is 0 Å². The lowest BCUT2D eigenvalue weighted by molar-refractivity contribution is 0.244. The molecule has 3 nitrogen and oxygen atoms in total. The van der Waals surface area contributed by atoms with Gasteiger partial charge in [0.1, 0.15) is 5.75 Å². The Morgan fingerprint density at radius 2 is 1.82 bits per heavy atom. The molecule has 0 aliphatic carbocycles. The minimum atomic E-state index is -0.136. The van der Waals surface area contributed by atoms with E-state index in [1.54, 1.807) is 11.3 Å². The molecule has 4 rings (SSSR count). The number of fused-ring (bicyclic) bond motifs is 3. The van der Waals surface area contributed by atoms with Crippen molar-refractivity contribution in [2.24, 2.45) is 5.16 Å². The predicted octanol–water partition coefficient (Wildman–Crippen LogP) is 4.71. The van der Waals surface area contributed by atoms with E-state index in [1.165, 1.54) is 11.1 Å². The topological polar surface area (TPSA) is 41.8 Å². The second-order valence-corrected chi connectivity index (χ2v) is 6.17. The van der Waals surface area contributed by atoms with E-state index in [1.807, 2.05) is 42.5 Å². The molecular formula is C18H13NO2S. The van der Waals surface area contributed by atoms with Gasteiger partial charge in [0.05, 0.1) is 6.21 Å². The van der Waals surface area contributed by atoms with E-state index in [4.69, 9.17) is 9.94 Å². The Bertz CT molecular complexity index is 839. The molecule has 2 aromatic carbocycles. The first-order valence-corrected chi connectivity index (χ1v) is 7.80. The molecule has 0 saturated carbocycles. The summed E-state index contributed by atoms with van der Waals surface area (Å²) in [6.45, 7) is 0. The molecule has 3 aromatic rings. The number of hydrogen-bond donors (Lipinski definition) is 1. The van der Waals surface area contributed by atoms with Crippen molar-refractivity contribution in [3.8, 4) is 16.2 Å². The maximum atomic E-state index is 8.80. The van der Waals surface area contributed by atoms with Crippen molar-refractivity contribution in [3.05, 3.63) is 76.7 Å². The molecule has 1 atom stereocenters. The number of oxime groups is 1. The first-order chi connectivity index (χ1) is 10.9. The third-order valence-electron chi connectivity index (χ3n) is 3.73. The van der Waals surface area contributed by atoms with Gasteiger partial charge in [-0.05, 0) is 23.8 Å². The molecule has 0 spiro atoms. The zero-order valence-electron chi connectivity index (χ0n) is 11.6. The van der Waals surface area contributed by atoms with Crippen molar-refractivity contribution in [2.75, 3.05) is 0 Å². The van der Waals surface area contributed by atoms with Crippen LogP contribution < -0.4 is 4.74 Å². The Hall–Kier alpha value is -2.59. The lowest BCUT2D eigenvalue weighted by Crippen LogP contribution is -2.13. The summed E-state index contributed by atoms with van der Waals surface area (Å²) in [6.07, 6.45) is 1.33. The number of rotatable bonds is 2. The molecular weight excluding hydrogens is 294 g/mol. The Morgan fingerprint density at radius 3 is 2.64 bits per heavy atom. The van der Waals surface area contributed by atoms with Crippen LogP contribution in [0.3, 0.4) is 0 Å². The maximum Gasteiger partial charge on any atom is 0.150 e. The fourth-order valence-corrected chi connectivity index (χ4v) is 3.86. The molecule has 1 aliphatic heterocycles. The summed E-state index contributed by atoms with van der Waals surface area (Å²) >= 11 is 1.61. The first-order valence-electron chi connectivity index (χ1n) is 6.99. The van der Waals surface area contributed by atoms with E-state index in [0.29, 0.717) is 0 Å². The summed E-state index contributed by atoms with van der Waals surface area (Å²) < 4.78 is 6.24. The lowest BCUT2D eigenvalue weighted by Gasteiger charge is -2.26. The van der Waals surface area contributed by atoms with Gasteiger partial charge >= 0.3 is 0 Å². The Morgan fingerprint density at radius 1 is 1.05 bits per heavy atom. The highest BCUT2D eigenvalue weighted by Crippen LogP contribution is 2.48. The molecule has 108 valence electrons. The summed E-state index contributed by atoms with van der Waals surface area (Å²) in [5.41, 5.74) is 3.32. The van der Waals surface area contributed by atoms with E-state index in [0.717, 1.165) is 27.3 Å². The van der Waals surface area contributed by atoms with Crippen LogP contribution in [0.25, 0.3) is 10.4 Å². The summed E-state index contributed by atoms with van der Waals surface area (Å²) in [4.78, 5) is 2.08. The van der Waals surface area contributed by atoms with Crippen LogP contribution in [0.15, 0.2) is 65.8 Å². The zero-order chi connectivity index (χ0) is 14.9. The number of thiophene rings is 1. The highest BCUT2D eigenvalue weighted by atomic mass is 32.1. The van der Waals surface area contributed by atoms with Gasteiger partial charge in [-0.25, -0.2) is 0 Å². The smallest absolute Gasteiger partial charge is 0.150 e. The predicted molar refractivity (Wildman–Crippen MR) is 88.0 cm³/mol. The number of ether oxygens (including phenoxy) is 1. The Balaban J connectivity index is 1.91. The Kier molecular flexibility index (Phi) is 3.16. The van der Waals surface area contributed by atoms with Crippen LogP contribution in [0.1, 0.15) is 22.1 Å². The standard InChI is InChI=1S/C18H13NO2S/c20-19-11-13-10-15-17(12-6-2-1-3-7-12)21-16-9-5-4-8-14(16)18(15)22-13/h1-11,17,20H/b19-11+. The Labute approximate surface area is 132 Å². The van der Waals surface area contributed by atoms with Crippen molar-refractivity contribution < 1.29 is 9.94 Å². The average molecular weight is 307 g/mol. The van der Waals surface area contributed by atoms with E-state index in [2.05, 4.69) is 23.4 Å². The first kappa shape index (κ1) is 13.1. The highest BCUT2D eigenvalue weighted by Gasteiger charge is 2.29. The summed E-state index contributed by atoms with van der Waals surface area (Å²) in [7, 11) is 0. The zero-order valence-corrected chi connectivity index (χ0v) is 12.5. The van der Waals surface area contributed by atoms with Crippen molar-refractivity contribution in [2.45, 2.75) is 6.10 Å². The van der Waals surface area contributed by atoms with Gasteiger partial charge in [-0.3, -0.25) is 0 Å². The normalized spacial score (nSPS) is 16.1. The highest BCUT2D eigenvalue weighted by molar-refractivity contribution is 7.17. The molecule has 2 heterocycles. The minimum Gasteiger partial charge on any atom is -0.480 e. The molecule has 1 aromatic heterocycles. The molecule has 0 fully saturated rings. The molecule has 4 heteroatoms. The van der Waals surface area contributed by atoms with Crippen LogP contribution in [-0.2, 0) is 0 Å². The average Bonchev–Trinajstić information content (AvgIpc) is 2.99. The molecule has 0 bridgehead atoms. The summed E-state index contributed by atoms with van der Waals surface area (Å²) in [5.74, 6) is 0.887. The van der Waals surface area contributed by atoms with E-state index >= 15 is 0 Å². The van der Waals surface area contributed by atoms with Gasteiger partial charge < -0.3 is 9.94 Å².